The molecule has 0 aromatic heterocycles. The minimum Gasteiger partial charge on any atom is -0.478 e. The van der Waals surface area contributed by atoms with Crippen molar-refractivity contribution in [1.29, 1.82) is 0 Å². The Labute approximate surface area is 128 Å². The normalized spacial score (nSPS) is 17.0. The number of hydrogen-bond donors (Lipinski definition) is 2. The van der Waals surface area contributed by atoms with Gasteiger partial charge in [-0.25, -0.2) is 9.18 Å². The maximum atomic E-state index is 13.3. The fraction of sp³-hybridized carbons (Fsp3) is 0.278. The molecule has 0 saturated heterocycles. The van der Waals surface area contributed by atoms with E-state index in [9.17, 15) is 9.18 Å². The quantitative estimate of drug-likeness (QED) is 0.905. The van der Waals surface area contributed by atoms with Gasteiger partial charge in [0.25, 0.3) is 0 Å². The molecule has 0 fully saturated rings. The van der Waals surface area contributed by atoms with Gasteiger partial charge in [-0.15, -0.1) is 0 Å². The zero-order valence-corrected chi connectivity index (χ0v) is 12.2. The summed E-state index contributed by atoms with van der Waals surface area (Å²) in [6.45, 7) is 0.600. The number of carbonyl (C=O) groups is 1. The molecule has 1 aliphatic rings. The van der Waals surface area contributed by atoms with Crippen molar-refractivity contribution >= 4 is 5.97 Å². The van der Waals surface area contributed by atoms with E-state index in [2.05, 4.69) is 5.32 Å². The van der Waals surface area contributed by atoms with Gasteiger partial charge in [-0.3, -0.25) is 0 Å². The third kappa shape index (κ3) is 3.17. The van der Waals surface area contributed by atoms with Gasteiger partial charge in [0.15, 0.2) is 0 Å². The van der Waals surface area contributed by atoms with Gasteiger partial charge in [0.2, 0.25) is 0 Å². The second kappa shape index (κ2) is 6.28. The van der Waals surface area contributed by atoms with E-state index in [1.54, 1.807) is 24.3 Å². The topological polar surface area (TPSA) is 49.3 Å². The molecule has 0 amide bonds. The first-order valence-corrected chi connectivity index (χ1v) is 7.47. The summed E-state index contributed by atoms with van der Waals surface area (Å²) in [4.78, 5) is 11.0. The second-order valence-electron chi connectivity index (χ2n) is 5.67. The standard InChI is InChI=1S/C18H18FNO2/c19-15-7-8-16-13(10-15)4-2-6-17(16)20-11-12-3-1-5-14(9-12)18(21)22/h1,3,5,7-10,17,20H,2,4,6,11H2,(H,21,22). The summed E-state index contributed by atoms with van der Waals surface area (Å²) in [5, 5.41) is 12.5. The molecule has 2 aromatic carbocycles. The molecule has 0 saturated carbocycles. The number of hydrogen-bond acceptors (Lipinski definition) is 2. The zero-order valence-electron chi connectivity index (χ0n) is 12.2. The van der Waals surface area contributed by atoms with Crippen molar-refractivity contribution in [3.05, 3.63) is 70.5 Å². The number of benzene rings is 2. The molecule has 1 atom stereocenters. The molecule has 0 radical (unpaired) electrons. The van der Waals surface area contributed by atoms with Crippen LogP contribution >= 0.6 is 0 Å². The Morgan fingerprint density at radius 1 is 1.27 bits per heavy atom. The van der Waals surface area contributed by atoms with Crippen LogP contribution in [0.1, 0.15) is 45.9 Å². The number of fused-ring (bicyclic) bond motifs is 1. The zero-order chi connectivity index (χ0) is 15.5. The van der Waals surface area contributed by atoms with E-state index in [0.717, 1.165) is 36.0 Å². The first-order valence-electron chi connectivity index (χ1n) is 7.47. The third-order valence-corrected chi connectivity index (χ3v) is 4.15. The summed E-state index contributed by atoms with van der Waals surface area (Å²) in [5.41, 5.74) is 3.46. The van der Waals surface area contributed by atoms with Crippen molar-refractivity contribution in [1.82, 2.24) is 5.32 Å². The molecule has 0 spiro atoms. The van der Waals surface area contributed by atoms with E-state index in [4.69, 9.17) is 5.11 Å². The van der Waals surface area contributed by atoms with Crippen LogP contribution in [0.3, 0.4) is 0 Å². The molecule has 3 rings (SSSR count). The molecule has 114 valence electrons. The van der Waals surface area contributed by atoms with E-state index in [-0.39, 0.29) is 11.9 Å². The van der Waals surface area contributed by atoms with Crippen LogP contribution in [0.2, 0.25) is 0 Å². The van der Waals surface area contributed by atoms with E-state index in [1.165, 1.54) is 6.07 Å². The Hall–Kier alpha value is -2.20. The highest BCUT2D eigenvalue weighted by atomic mass is 19.1. The molecule has 22 heavy (non-hydrogen) atoms. The van der Waals surface area contributed by atoms with Gasteiger partial charge >= 0.3 is 5.97 Å². The van der Waals surface area contributed by atoms with Gasteiger partial charge in [-0.2, -0.15) is 0 Å². The third-order valence-electron chi connectivity index (χ3n) is 4.15. The second-order valence-corrected chi connectivity index (χ2v) is 5.67. The van der Waals surface area contributed by atoms with Gasteiger partial charge in [-0.1, -0.05) is 18.2 Å². The molecule has 0 bridgehead atoms. The molecule has 1 unspecified atom stereocenters. The van der Waals surface area contributed by atoms with Crippen LogP contribution in [0.25, 0.3) is 0 Å². The SMILES string of the molecule is O=C(O)c1cccc(CNC2CCCc3cc(F)ccc32)c1. The number of aryl methyl sites for hydroxylation is 1. The van der Waals surface area contributed by atoms with Crippen molar-refractivity contribution in [2.75, 3.05) is 0 Å². The van der Waals surface area contributed by atoms with Gasteiger partial charge in [0.05, 0.1) is 5.56 Å². The van der Waals surface area contributed by atoms with Crippen molar-refractivity contribution < 1.29 is 14.3 Å². The van der Waals surface area contributed by atoms with Crippen LogP contribution in [-0.2, 0) is 13.0 Å². The van der Waals surface area contributed by atoms with Crippen LogP contribution in [0.15, 0.2) is 42.5 Å². The first-order chi connectivity index (χ1) is 10.6. The lowest BCUT2D eigenvalue weighted by Gasteiger charge is -2.26. The van der Waals surface area contributed by atoms with Crippen LogP contribution in [0.4, 0.5) is 4.39 Å². The lowest BCUT2D eigenvalue weighted by atomic mass is 9.87. The Balaban J connectivity index is 1.73. The summed E-state index contributed by atoms with van der Waals surface area (Å²) in [6.07, 6.45) is 2.96. The molecule has 2 N–H and O–H groups in total. The number of rotatable bonds is 4. The highest BCUT2D eigenvalue weighted by Gasteiger charge is 2.20. The largest absolute Gasteiger partial charge is 0.478 e. The molecular formula is C18H18FNO2. The lowest BCUT2D eigenvalue weighted by molar-refractivity contribution is 0.0696. The maximum absolute atomic E-state index is 13.3. The highest BCUT2D eigenvalue weighted by Crippen LogP contribution is 2.30. The predicted molar refractivity (Wildman–Crippen MR) is 82.3 cm³/mol. The van der Waals surface area contributed by atoms with Crippen LogP contribution in [0.5, 0.6) is 0 Å². The number of carboxylic acids is 1. The van der Waals surface area contributed by atoms with Crippen molar-refractivity contribution in [2.24, 2.45) is 0 Å². The summed E-state index contributed by atoms with van der Waals surface area (Å²) in [6, 6.07) is 12.1. The minimum absolute atomic E-state index is 0.187. The van der Waals surface area contributed by atoms with E-state index < -0.39 is 5.97 Å². The minimum atomic E-state index is -0.916. The monoisotopic (exact) mass is 299 g/mol. The summed E-state index contributed by atoms with van der Waals surface area (Å²) in [7, 11) is 0. The van der Waals surface area contributed by atoms with Crippen LogP contribution in [-0.4, -0.2) is 11.1 Å². The Kier molecular flexibility index (Phi) is 4.20. The van der Waals surface area contributed by atoms with Crippen molar-refractivity contribution in [2.45, 2.75) is 31.8 Å². The van der Waals surface area contributed by atoms with Gasteiger partial charge in [0, 0.05) is 12.6 Å². The smallest absolute Gasteiger partial charge is 0.335 e. The van der Waals surface area contributed by atoms with Crippen molar-refractivity contribution in [3.63, 3.8) is 0 Å². The summed E-state index contributed by atoms with van der Waals surface area (Å²) in [5.74, 6) is -1.10. The van der Waals surface area contributed by atoms with Crippen molar-refractivity contribution in [3.8, 4) is 0 Å². The predicted octanol–water partition coefficient (Wildman–Crippen LogP) is 3.69. The van der Waals surface area contributed by atoms with Crippen LogP contribution in [0, 0.1) is 5.82 Å². The van der Waals surface area contributed by atoms with Gasteiger partial charge in [-0.05, 0) is 60.2 Å². The Morgan fingerprint density at radius 3 is 2.95 bits per heavy atom. The first kappa shape index (κ1) is 14.7. The van der Waals surface area contributed by atoms with E-state index >= 15 is 0 Å². The van der Waals surface area contributed by atoms with Gasteiger partial charge in [0.1, 0.15) is 5.82 Å². The lowest BCUT2D eigenvalue weighted by Crippen LogP contribution is -2.25. The fourth-order valence-corrected chi connectivity index (χ4v) is 3.05. The average molecular weight is 299 g/mol. The number of halogens is 1. The number of carboxylic acid groups (broad SMARTS) is 1. The molecule has 3 nitrogen and oxygen atoms in total. The number of nitrogens with one attached hydrogen (secondary N) is 1. The van der Waals surface area contributed by atoms with Crippen LogP contribution < -0.4 is 5.32 Å². The molecule has 0 heterocycles. The van der Waals surface area contributed by atoms with Gasteiger partial charge < -0.3 is 10.4 Å². The van der Waals surface area contributed by atoms with E-state index in [1.807, 2.05) is 12.1 Å². The summed E-state index contributed by atoms with van der Waals surface area (Å²) < 4.78 is 13.3. The molecule has 1 aliphatic carbocycles. The Morgan fingerprint density at radius 2 is 2.14 bits per heavy atom. The van der Waals surface area contributed by atoms with E-state index in [0.29, 0.717) is 12.1 Å². The molecule has 4 heteroatoms. The fourth-order valence-electron chi connectivity index (χ4n) is 3.05. The maximum Gasteiger partial charge on any atom is 0.335 e. The molecular weight excluding hydrogens is 281 g/mol. The molecule has 2 aromatic rings. The highest BCUT2D eigenvalue weighted by molar-refractivity contribution is 5.87. The average Bonchev–Trinajstić information content (AvgIpc) is 2.52. The summed E-state index contributed by atoms with van der Waals surface area (Å²) >= 11 is 0. The number of aromatic carboxylic acids is 1. The molecule has 0 aliphatic heterocycles. The Bertz CT molecular complexity index is 699.